The van der Waals surface area contributed by atoms with Gasteiger partial charge in [-0.1, -0.05) is 20.8 Å². The second kappa shape index (κ2) is 6.57. The Balaban J connectivity index is 2.40. The van der Waals surface area contributed by atoms with Crippen LogP contribution in [0.2, 0.25) is 0 Å². The van der Waals surface area contributed by atoms with E-state index in [1.54, 1.807) is 0 Å². The van der Waals surface area contributed by atoms with Gasteiger partial charge in [0.2, 0.25) is 5.91 Å². The first-order chi connectivity index (χ1) is 8.43. The van der Waals surface area contributed by atoms with Gasteiger partial charge in [-0.3, -0.25) is 9.48 Å². The van der Waals surface area contributed by atoms with Gasteiger partial charge in [0.25, 0.3) is 0 Å². The molecule has 1 heterocycles. The number of carbonyl (C=O) groups excluding carboxylic acids is 1. The number of carbonyl (C=O) groups is 1. The number of rotatable bonds is 6. The highest BCUT2D eigenvalue weighted by Gasteiger charge is 2.12. The molecule has 1 amide bonds. The summed E-state index contributed by atoms with van der Waals surface area (Å²) in [4.78, 5) is 11.7. The summed E-state index contributed by atoms with van der Waals surface area (Å²) < 4.78 is 2.01. The number of aromatic nitrogens is 2. The van der Waals surface area contributed by atoms with Crippen LogP contribution in [0, 0.1) is 25.7 Å². The number of hydrogen-bond donors (Lipinski definition) is 1. The number of aryl methyl sites for hydroxylation is 2. The maximum Gasteiger partial charge on any atom is 0.222 e. The third kappa shape index (κ3) is 4.17. The van der Waals surface area contributed by atoms with Gasteiger partial charge < -0.3 is 5.32 Å². The van der Waals surface area contributed by atoms with E-state index in [0.717, 1.165) is 18.7 Å². The summed E-state index contributed by atoms with van der Waals surface area (Å²) in [7, 11) is 0. The van der Waals surface area contributed by atoms with Crippen molar-refractivity contribution in [2.24, 2.45) is 11.8 Å². The fourth-order valence-corrected chi connectivity index (χ4v) is 1.85. The molecule has 0 aromatic carbocycles. The average Bonchev–Trinajstić information content (AvgIpc) is 2.63. The first-order valence-corrected chi connectivity index (χ1v) is 6.72. The maximum absolute atomic E-state index is 11.7. The molecule has 0 spiro atoms. The van der Waals surface area contributed by atoms with Gasteiger partial charge in [0.05, 0.1) is 5.69 Å². The van der Waals surface area contributed by atoms with Crippen LogP contribution in [0.5, 0.6) is 0 Å². The summed E-state index contributed by atoms with van der Waals surface area (Å²) in [5.74, 6) is 0.639. The van der Waals surface area contributed by atoms with Gasteiger partial charge in [-0.05, 0) is 32.3 Å². The summed E-state index contributed by atoms with van der Waals surface area (Å²) >= 11 is 0. The highest BCUT2D eigenvalue weighted by molar-refractivity contribution is 5.78. The molecule has 0 radical (unpaired) electrons. The van der Waals surface area contributed by atoms with Crippen LogP contribution in [0.3, 0.4) is 0 Å². The summed E-state index contributed by atoms with van der Waals surface area (Å²) in [6, 6.07) is 2.07. The van der Waals surface area contributed by atoms with Crippen molar-refractivity contribution >= 4 is 5.91 Å². The molecule has 0 bridgehead atoms. The Bertz CT molecular complexity index is 398. The molecule has 18 heavy (non-hydrogen) atoms. The number of nitrogens with one attached hydrogen (secondary N) is 1. The molecule has 4 nitrogen and oxygen atoms in total. The third-order valence-electron chi connectivity index (χ3n) is 3.27. The predicted molar refractivity (Wildman–Crippen MR) is 73.3 cm³/mol. The lowest BCUT2D eigenvalue weighted by molar-refractivity contribution is -0.124. The van der Waals surface area contributed by atoms with Crippen molar-refractivity contribution in [3.8, 4) is 0 Å². The molecule has 102 valence electrons. The van der Waals surface area contributed by atoms with E-state index in [0.29, 0.717) is 12.5 Å². The van der Waals surface area contributed by atoms with Crippen molar-refractivity contribution in [1.82, 2.24) is 15.1 Å². The molecular formula is C14H25N3O. The predicted octanol–water partition coefficient (Wildman–Crippen LogP) is 2.30. The number of nitrogens with zero attached hydrogens (tertiary/aromatic N) is 2. The van der Waals surface area contributed by atoms with Crippen molar-refractivity contribution < 1.29 is 4.79 Å². The Morgan fingerprint density at radius 2 is 2.11 bits per heavy atom. The average molecular weight is 251 g/mol. The zero-order valence-corrected chi connectivity index (χ0v) is 12.2. The SMILES string of the molecule is CC[C@@H](C)C(=O)NC[C@H](C)Cn1nc(C)cc1C. The number of hydrogen-bond acceptors (Lipinski definition) is 2. The van der Waals surface area contributed by atoms with Crippen LogP contribution in [0.1, 0.15) is 38.6 Å². The van der Waals surface area contributed by atoms with Gasteiger partial charge in [-0.2, -0.15) is 5.10 Å². The molecule has 0 unspecified atom stereocenters. The van der Waals surface area contributed by atoms with Crippen LogP contribution >= 0.6 is 0 Å². The first kappa shape index (κ1) is 14.7. The van der Waals surface area contributed by atoms with Crippen molar-refractivity contribution in [3.05, 3.63) is 17.5 Å². The molecule has 2 atom stereocenters. The van der Waals surface area contributed by atoms with Crippen molar-refractivity contribution in [1.29, 1.82) is 0 Å². The minimum absolute atomic E-state index is 0.103. The minimum atomic E-state index is 0.103. The van der Waals surface area contributed by atoms with Gasteiger partial charge in [0.15, 0.2) is 0 Å². The van der Waals surface area contributed by atoms with E-state index >= 15 is 0 Å². The quantitative estimate of drug-likeness (QED) is 0.843. The van der Waals surface area contributed by atoms with Crippen LogP contribution in [0.4, 0.5) is 0 Å². The van der Waals surface area contributed by atoms with Gasteiger partial charge >= 0.3 is 0 Å². The molecule has 0 aliphatic rings. The molecule has 0 aliphatic heterocycles. The van der Waals surface area contributed by atoms with Crippen LogP contribution in [0.15, 0.2) is 6.07 Å². The largest absolute Gasteiger partial charge is 0.356 e. The minimum Gasteiger partial charge on any atom is -0.356 e. The molecule has 0 aliphatic carbocycles. The highest BCUT2D eigenvalue weighted by atomic mass is 16.1. The molecule has 1 rings (SSSR count). The fourth-order valence-electron chi connectivity index (χ4n) is 1.85. The zero-order valence-electron chi connectivity index (χ0n) is 12.2. The second-order valence-corrected chi connectivity index (χ2v) is 5.27. The Hall–Kier alpha value is -1.32. The van der Waals surface area contributed by atoms with Crippen LogP contribution in [-0.2, 0) is 11.3 Å². The molecule has 1 aromatic heterocycles. The summed E-state index contributed by atoms with van der Waals surface area (Å²) in [6.45, 7) is 11.7. The number of amides is 1. The Kier molecular flexibility index (Phi) is 5.38. The maximum atomic E-state index is 11.7. The van der Waals surface area contributed by atoms with E-state index < -0.39 is 0 Å². The Morgan fingerprint density at radius 1 is 1.44 bits per heavy atom. The summed E-state index contributed by atoms with van der Waals surface area (Å²) in [6.07, 6.45) is 0.887. The lowest BCUT2D eigenvalue weighted by Crippen LogP contribution is -2.33. The van der Waals surface area contributed by atoms with Crippen LogP contribution < -0.4 is 5.32 Å². The molecular weight excluding hydrogens is 226 g/mol. The summed E-state index contributed by atoms with van der Waals surface area (Å²) in [5, 5.41) is 7.43. The standard InChI is InChI=1S/C14H25N3O/c1-6-11(3)14(18)15-8-10(2)9-17-13(5)7-12(4)16-17/h7,10-11H,6,8-9H2,1-5H3,(H,15,18)/t10-,11+/m0/s1. The third-order valence-corrected chi connectivity index (χ3v) is 3.27. The molecule has 0 saturated heterocycles. The highest BCUT2D eigenvalue weighted by Crippen LogP contribution is 2.06. The zero-order chi connectivity index (χ0) is 13.7. The van der Waals surface area contributed by atoms with Crippen molar-refractivity contribution in [2.45, 2.75) is 47.6 Å². The van der Waals surface area contributed by atoms with Crippen LogP contribution in [-0.4, -0.2) is 22.2 Å². The van der Waals surface area contributed by atoms with E-state index in [2.05, 4.69) is 30.3 Å². The van der Waals surface area contributed by atoms with Crippen molar-refractivity contribution in [3.63, 3.8) is 0 Å². The molecule has 1 aromatic rings. The molecule has 1 N–H and O–H groups in total. The van der Waals surface area contributed by atoms with Gasteiger partial charge in [0, 0.05) is 24.7 Å². The van der Waals surface area contributed by atoms with E-state index in [1.165, 1.54) is 5.69 Å². The molecule has 0 fully saturated rings. The van der Waals surface area contributed by atoms with E-state index in [4.69, 9.17) is 0 Å². The Labute approximate surface area is 110 Å². The van der Waals surface area contributed by atoms with E-state index in [9.17, 15) is 4.79 Å². The van der Waals surface area contributed by atoms with Crippen molar-refractivity contribution in [2.75, 3.05) is 6.54 Å². The first-order valence-electron chi connectivity index (χ1n) is 6.72. The van der Waals surface area contributed by atoms with Gasteiger partial charge in [-0.25, -0.2) is 0 Å². The summed E-state index contributed by atoms with van der Waals surface area (Å²) in [5.41, 5.74) is 2.22. The Morgan fingerprint density at radius 3 is 2.61 bits per heavy atom. The normalized spacial score (nSPS) is 14.3. The molecule has 4 heteroatoms. The lowest BCUT2D eigenvalue weighted by atomic mass is 10.1. The van der Waals surface area contributed by atoms with Crippen LogP contribution in [0.25, 0.3) is 0 Å². The monoisotopic (exact) mass is 251 g/mol. The second-order valence-electron chi connectivity index (χ2n) is 5.27. The van der Waals surface area contributed by atoms with E-state index in [1.807, 2.05) is 25.5 Å². The lowest BCUT2D eigenvalue weighted by Gasteiger charge is -2.15. The van der Waals surface area contributed by atoms with Gasteiger partial charge in [-0.15, -0.1) is 0 Å². The molecule has 0 saturated carbocycles. The smallest absolute Gasteiger partial charge is 0.222 e. The topological polar surface area (TPSA) is 46.9 Å². The fraction of sp³-hybridized carbons (Fsp3) is 0.714. The van der Waals surface area contributed by atoms with Gasteiger partial charge in [0.1, 0.15) is 0 Å². The van der Waals surface area contributed by atoms with E-state index in [-0.39, 0.29) is 11.8 Å².